The fourth-order valence-corrected chi connectivity index (χ4v) is 3.23. The van der Waals surface area contributed by atoms with Crippen LogP contribution in [0.5, 0.6) is 5.75 Å². The summed E-state index contributed by atoms with van der Waals surface area (Å²) in [7, 11) is 3.51. The Bertz CT molecular complexity index is 985. The number of halogens is 1. The summed E-state index contributed by atoms with van der Waals surface area (Å²) in [5.74, 6) is 0.303. The van der Waals surface area contributed by atoms with Gasteiger partial charge in [0.1, 0.15) is 11.6 Å². The number of amides is 1. The maximum atomic E-state index is 13.1. The number of ether oxygens (including phenoxy) is 1. The minimum atomic E-state index is -0.262. The van der Waals surface area contributed by atoms with Crippen LogP contribution in [0, 0.1) is 12.7 Å². The van der Waals surface area contributed by atoms with Crippen molar-refractivity contribution in [1.82, 2.24) is 15.1 Å². The number of rotatable bonds is 9. The van der Waals surface area contributed by atoms with Gasteiger partial charge in [-0.25, -0.2) is 4.39 Å². The van der Waals surface area contributed by atoms with E-state index in [9.17, 15) is 9.18 Å². The summed E-state index contributed by atoms with van der Waals surface area (Å²) in [6, 6.07) is 13.9. The number of methoxy groups -OCH3 is 1. The van der Waals surface area contributed by atoms with Crippen LogP contribution in [0.2, 0.25) is 0 Å². The van der Waals surface area contributed by atoms with Crippen molar-refractivity contribution in [3.8, 4) is 17.0 Å². The van der Waals surface area contributed by atoms with E-state index in [0.29, 0.717) is 18.0 Å². The standard InChI is InChI=1S/C23H27FN4O2/c1-16-6-11-22(30-3)21(13-16)25-23(29)15-28(2)12-4-5-19-14-20(27-26-19)17-7-9-18(24)10-8-17/h6-11,13-14H,4-5,12,15H2,1-3H3,(H,25,29)(H,26,27). The van der Waals surface area contributed by atoms with E-state index >= 15 is 0 Å². The molecule has 2 N–H and O–H groups in total. The first-order valence-corrected chi connectivity index (χ1v) is 9.88. The van der Waals surface area contributed by atoms with Crippen molar-refractivity contribution in [3.63, 3.8) is 0 Å². The van der Waals surface area contributed by atoms with Crippen molar-refractivity contribution in [2.75, 3.05) is 32.6 Å². The number of carbonyl (C=O) groups is 1. The highest BCUT2D eigenvalue weighted by molar-refractivity contribution is 5.93. The molecule has 158 valence electrons. The number of aromatic amines is 1. The van der Waals surface area contributed by atoms with Gasteiger partial charge >= 0.3 is 0 Å². The molecule has 2 aromatic carbocycles. The second-order valence-corrected chi connectivity index (χ2v) is 7.38. The van der Waals surface area contributed by atoms with E-state index in [2.05, 4.69) is 15.5 Å². The molecule has 0 fully saturated rings. The molecule has 0 radical (unpaired) electrons. The molecule has 6 nitrogen and oxygen atoms in total. The monoisotopic (exact) mass is 410 g/mol. The number of aryl methyl sites for hydroxylation is 2. The highest BCUT2D eigenvalue weighted by Gasteiger charge is 2.11. The number of nitrogens with one attached hydrogen (secondary N) is 2. The molecule has 0 aliphatic heterocycles. The Morgan fingerprint density at radius 3 is 2.70 bits per heavy atom. The molecule has 0 unspecified atom stereocenters. The van der Waals surface area contributed by atoms with Crippen molar-refractivity contribution in [2.45, 2.75) is 19.8 Å². The topological polar surface area (TPSA) is 70.2 Å². The van der Waals surface area contributed by atoms with Gasteiger partial charge in [0, 0.05) is 11.3 Å². The Labute approximate surface area is 176 Å². The lowest BCUT2D eigenvalue weighted by molar-refractivity contribution is -0.117. The van der Waals surface area contributed by atoms with Crippen LogP contribution in [0.4, 0.5) is 10.1 Å². The van der Waals surface area contributed by atoms with Gasteiger partial charge in [-0.15, -0.1) is 0 Å². The highest BCUT2D eigenvalue weighted by Crippen LogP contribution is 2.25. The van der Waals surface area contributed by atoms with E-state index < -0.39 is 0 Å². The SMILES string of the molecule is COc1ccc(C)cc1NC(=O)CN(C)CCCc1cc(-c2ccc(F)cc2)n[nH]1. The van der Waals surface area contributed by atoms with Crippen LogP contribution in [-0.2, 0) is 11.2 Å². The number of H-pyrrole nitrogens is 1. The molecular weight excluding hydrogens is 383 g/mol. The minimum Gasteiger partial charge on any atom is -0.495 e. The second-order valence-electron chi connectivity index (χ2n) is 7.38. The summed E-state index contributed by atoms with van der Waals surface area (Å²) < 4.78 is 18.4. The summed E-state index contributed by atoms with van der Waals surface area (Å²) in [5, 5.41) is 10.2. The number of hydrogen-bond donors (Lipinski definition) is 2. The smallest absolute Gasteiger partial charge is 0.238 e. The predicted molar refractivity (Wildman–Crippen MR) is 116 cm³/mol. The van der Waals surface area contributed by atoms with Gasteiger partial charge in [-0.2, -0.15) is 5.10 Å². The molecule has 1 aromatic heterocycles. The highest BCUT2D eigenvalue weighted by atomic mass is 19.1. The summed E-state index contributed by atoms with van der Waals surface area (Å²) in [4.78, 5) is 14.3. The van der Waals surface area contributed by atoms with Gasteiger partial charge in [0.05, 0.1) is 25.0 Å². The number of likely N-dealkylation sites (N-methyl/N-ethyl adjacent to an activating group) is 1. The Morgan fingerprint density at radius 2 is 1.97 bits per heavy atom. The molecule has 1 amide bonds. The minimum absolute atomic E-state index is 0.0819. The number of carbonyl (C=O) groups excluding carboxylic acids is 1. The first kappa shape index (κ1) is 21.5. The lowest BCUT2D eigenvalue weighted by Gasteiger charge is -2.17. The molecule has 0 spiro atoms. The molecule has 3 rings (SSSR count). The van der Waals surface area contributed by atoms with Crippen LogP contribution in [-0.4, -0.2) is 48.3 Å². The van der Waals surface area contributed by atoms with Crippen LogP contribution in [0.25, 0.3) is 11.3 Å². The molecule has 0 atom stereocenters. The zero-order chi connectivity index (χ0) is 21.5. The summed E-state index contributed by atoms with van der Waals surface area (Å²) in [6.45, 7) is 3.03. The normalized spacial score (nSPS) is 11.0. The molecule has 0 aliphatic carbocycles. The van der Waals surface area contributed by atoms with E-state index in [1.165, 1.54) is 12.1 Å². The number of anilines is 1. The van der Waals surface area contributed by atoms with Gasteiger partial charge < -0.3 is 10.1 Å². The summed E-state index contributed by atoms with van der Waals surface area (Å²) in [6.07, 6.45) is 1.69. The molecule has 30 heavy (non-hydrogen) atoms. The molecular formula is C23H27FN4O2. The Morgan fingerprint density at radius 1 is 1.20 bits per heavy atom. The third kappa shape index (κ3) is 5.90. The van der Waals surface area contributed by atoms with Gasteiger partial charge in [-0.05, 0) is 81.4 Å². The first-order valence-electron chi connectivity index (χ1n) is 9.88. The van der Waals surface area contributed by atoms with E-state index in [4.69, 9.17) is 4.74 Å². The van der Waals surface area contributed by atoms with Crippen LogP contribution >= 0.6 is 0 Å². The van der Waals surface area contributed by atoms with Crippen LogP contribution in [0.1, 0.15) is 17.7 Å². The van der Waals surface area contributed by atoms with Gasteiger partial charge in [0.2, 0.25) is 5.91 Å². The Hall–Kier alpha value is -3.19. The summed E-state index contributed by atoms with van der Waals surface area (Å²) in [5.41, 5.74) is 4.42. The molecule has 7 heteroatoms. The third-order valence-electron chi connectivity index (χ3n) is 4.80. The van der Waals surface area contributed by atoms with E-state index in [0.717, 1.165) is 41.9 Å². The fraction of sp³-hybridized carbons (Fsp3) is 0.304. The largest absolute Gasteiger partial charge is 0.495 e. The number of benzene rings is 2. The van der Waals surface area contributed by atoms with Gasteiger partial charge in [-0.3, -0.25) is 14.8 Å². The summed E-state index contributed by atoms with van der Waals surface area (Å²) >= 11 is 0. The van der Waals surface area contributed by atoms with E-state index in [1.807, 2.05) is 43.1 Å². The number of nitrogens with zero attached hydrogens (tertiary/aromatic N) is 2. The van der Waals surface area contributed by atoms with Crippen LogP contribution in [0.15, 0.2) is 48.5 Å². The van der Waals surface area contributed by atoms with Crippen LogP contribution < -0.4 is 10.1 Å². The third-order valence-corrected chi connectivity index (χ3v) is 4.80. The average molecular weight is 410 g/mol. The lowest BCUT2D eigenvalue weighted by atomic mass is 10.1. The molecule has 3 aromatic rings. The van der Waals surface area contributed by atoms with Gasteiger partial charge in [-0.1, -0.05) is 6.07 Å². The van der Waals surface area contributed by atoms with Crippen molar-refractivity contribution in [1.29, 1.82) is 0 Å². The lowest BCUT2D eigenvalue weighted by Crippen LogP contribution is -2.31. The first-order chi connectivity index (χ1) is 14.4. The maximum absolute atomic E-state index is 13.1. The molecule has 0 bridgehead atoms. The Kier molecular flexibility index (Phi) is 7.19. The predicted octanol–water partition coefficient (Wildman–Crippen LogP) is 4.04. The maximum Gasteiger partial charge on any atom is 0.238 e. The molecule has 0 aliphatic rings. The van der Waals surface area contributed by atoms with Crippen molar-refractivity contribution >= 4 is 11.6 Å². The molecule has 1 heterocycles. The van der Waals surface area contributed by atoms with Gasteiger partial charge in [0.15, 0.2) is 0 Å². The average Bonchev–Trinajstić information content (AvgIpc) is 3.17. The van der Waals surface area contributed by atoms with E-state index in [1.54, 1.807) is 19.2 Å². The quantitative estimate of drug-likeness (QED) is 0.559. The zero-order valence-electron chi connectivity index (χ0n) is 17.5. The molecule has 0 saturated carbocycles. The van der Waals surface area contributed by atoms with Crippen LogP contribution in [0.3, 0.4) is 0 Å². The fourth-order valence-electron chi connectivity index (χ4n) is 3.23. The molecule has 0 saturated heterocycles. The van der Waals surface area contributed by atoms with E-state index in [-0.39, 0.29) is 11.7 Å². The second kappa shape index (κ2) is 10.0. The number of aromatic nitrogens is 2. The van der Waals surface area contributed by atoms with Crippen molar-refractivity contribution < 1.29 is 13.9 Å². The zero-order valence-corrected chi connectivity index (χ0v) is 17.5. The van der Waals surface area contributed by atoms with Gasteiger partial charge in [0.25, 0.3) is 0 Å². The van der Waals surface area contributed by atoms with Crippen molar-refractivity contribution in [2.24, 2.45) is 0 Å². The Balaban J connectivity index is 1.45. The number of hydrogen-bond acceptors (Lipinski definition) is 4. The van der Waals surface area contributed by atoms with Crippen molar-refractivity contribution in [3.05, 3.63) is 65.6 Å².